The first-order valence-corrected chi connectivity index (χ1v) is 11.0. The molecule has 2 fully saturated rings. The van der Waals surface area contributed by atoms with Crippen molar-refractivity contribution in [1.82, 2.24) is 15.8 Å². The number of hydrogen-bond donors (Lipinski definition) is 2. The molecular formula is C23H27N5O4. The highest BCUT2D eigenvalue weighted by Gasteiger charge is 2.45. The van der Waals surface area contributed by atoms with E-state index in [1.165, 1.54) is 23.3 Å². The first-order chi connectivity index (χ1) is 15.5. The second-order valence-corrected chi connectivity index (χ2v) is 8.60. The number of benzene rings is 2. The summed E-state index contributed by atoms with van der Waals surface area (Å²) < 4.78 is 5.36. The zero-order valence-corrected chi connectivity index (χ0v) is 18.0. The number of nitro benzene ring substituents is 1. The average molecular weight is 438 g/mol. The third kappa shape index (κ3) is 3.67. The quantitative estimate of drug-likeness (QED) is 0.558. The zero-order valence-electron chi connectivity index (χ0n) is 18.0. The van der Waals surface area contributed by atoms with E-state index in [2.05, 4.69) is 27.9 Å². The van der Waals surface area contributed by atoms with Gasteiger partial charge in [0.2, 0.25) is 5.91 Å². The second kappa shape index (κ2) is 8.40. The second-order valence-electron chi connectivity index (χ2n) is 8.60. The number of piperazine rings is 1. The monoisotopic (exact) mass is 437 g/mol. The van der Waals surface area contributed by atoms with Crippen LogP contribution in [-0.2, 0) is 11.2 Å². The van der Waals surface area contributed by atoms with Crippen molar-refractivity contribution in [2.75, 3.05) is 38.2 Å². The number of hydrazine groups is 1. The van der Waals surface area contributed by atoms with Crippen LogP contribution in [0.5, 0.6) is 5.75 Å². The van der Waals surface area contributed by atoms with Gasteiger partial charge in [-0.3, -0.25) is 14.9 Å². The molecule has 0 spiro atoms. The number of carbonyl (C=O) groups is 1. The largest absolute Gasteiger partial charge is 0.497 e. The minimum atomic E-state index is -0.392. The average Bonchev–Trinajstić information content (AvgIpc) is 3.28. The van der Waals surface area contributed by atoms with Crippen molar-refractivity contribution in [3.63, 3.8) is 0 Å². The maximum Gasteiger partial charge on any atom is 0.269 e. The van der Waals surface area contributed by atoms with Gasteiger partial charge in [-0.2, -0.15) is 0 Å². The first kappa shape index (κ1) is 20.7. The van der Waals surface area contributed by atoms with E-state index in [1.54, 1.807) is 19.2 Å². The fourth-order valence-electron chi connectivity index (χ4n) is 5.19. The van der Waals surface area contributed by atoms with Crippen LogP contribution >= 0.6 is 0 Å². The fourth-order valence-corrected chi connectivity index (χ4v) is 5.19. The van der Waals surface area contributed by atoms with Gasteiger partial charge in [0.15, 0.2) is 0 Å². The van der Waals surface area contributed by atoms with Crippen LogP contribution in [-0.4, -0.2) is 55.1 Å². The molecular weight excluding hydrogens is 410 g/mol. The Morgan fingerprint density at radius 2 is 1.84 bits per heavy atom. The number of non-ortho nitro benzene ring substituents is 1. The Balaban J connectivity index is 1.22. The van der Waals surface area contributed by atoms with Gasteiger partial charge in [-0.15, -0.1) is 0 Å². The number of nitrogens with one attached hydrogen (secondary N) is 2. The highest BCUT2D eigenvalue weighted by atomic mass is 16.6. The molecule has 2 aromatic rings. The Morgan fingerprint density at radius 1 is 1.09 bits per heavy atom. The molecule has 0 saturated carbocycles. The van der Waals surface area contributed by atoms with Crippen molar-refractivity contribution in [2.45, 2.75) is 24.9 Å². The minimum Gasteiger partial charge on any atom is -0.497 e. The molecule has 5 rings (SSSR count). The van der Waals surface area contributed by atoms with Crippen LogP contribution in [0.1, 0.15) is 23.6 Å². The molecule has 9 nitrogen and oxygen atoms in total. The van der Waals surface area contributed by atoms with Gasteiger partial charge in [0, 0.05) is 49.9 Å². The summed E-state index contributed by atoms with van der Waals surface area (Å²) in [6, 6.07) is 12.7. The van der Waals surface area contributed by atoms with E-state index in [-0.39, 0.29) is 29.6 Å². The van der Waals surface area contributed by atoms with Gasteiger partial charge in [0.1, 0.15) is 11.8 Å². The molecule has 1 aliphatic carbocycles. The van der Waals surface area contributed by atoms with E-state index < -0.39 is 4.92 Å². The number of aryl methyl sites for hydroxylation is 1. The van der Waals surface area contributed by atoms with Crippen LogP contribution in [0.2, 0.25) is 0 Å². The van der Waals surface area contributed by atoms with E-state index >= 15 is 0 Å². The Hall–Kier alpha value is -3.17. The van der Waals surface area contributed by atoms with E-state index in [0.29, 0.717) is 26.2 Å². The lowest BCUT2D eigenvalue weighted by Crippen LogP contribution is -2.55. The van der Waals surface area contributed by atoms with Gasteiger partial charge in [-0.1, -0.05) is 6.07 Å². The topological polar surface area (TPSA) is 100.0 Å². The fraction of sp³-hybridized carbons (Fsp3) is 0.435. The van der Waals surface area contributed by atoms with Crippen LogP contribution in [0.4, 0.5) is 11.4 Å². The predicted molar refractivity (Wildman–Crippen MR) is 119 cm³/mol. The molecule has 0 bridgehead atoms. The Morgan fingerprint density at radius 3 is 2.53 bits per heavy atom. The molecule has 1 amide bonds. The summed E-state index contributed by atoms with van der Waals surface area (Å²) in [7, 11) is 1.68. The van der Waals surface area contributed by atoms with Crippen LogP contribution < -0.4 is 20.5 Å². The summed E-state index contributed by atoms with van der Waals surface area (Å²) in [5.74, 6) is 1.23. The van der Waals surface area contributed by atoms with Crippen molar-refractivity contribution >= 4 is 17.3 Å². The summed E-state index contributed by atoms with van der Waals surface area (Å²) in [4.78, 5) is 27.9. The van der Waals surface area contributed by atoms with Crippen molar-refractivity contribution in [3.05, 3.63) is 63.7 Å². The van der Waals surface area contributed by atoms with E-state index in [1.807, 2.05) is 11.0 Å². The zero-order chi connectivity index (χ0) is 22.2. The molecule has 0 aromatic heterocycles. The lowest BCUT2D eigenvalue weighted by molar-refractivity contribution is -0.384. The molecule has 3 unspecified atom stereocenters. The molecule has 2 aromatic carbocycles. The summed E-state index contributed by atoms with van der Waals surface area (Å²) >= 11 is 0. The van der Waals surface area contributed by atoms with Gasteiger partial charge in [0.25, 0.3) is 5.69 Å². The number of amides is 1. The lowest BCUT2D eigenvalue weighted by Gasteiger charge is -2.38. The Labute approximate surface area is 186 Å². The lowest BCUT2D eigenvalue weighted by atomic mass is 9.77. The highest BCUT2D eigenvalue weighted by Crippen LogP contribution is 2.40. The molecule has 3 aliphatic rings. The number of hydrogen-bond acceptors (Lipinski definition) is 7. The van der Waals surface area contributed by atoms with Crippen LogP contribution in [0, 0.1) is 16.0 Å². The van der Waals surface area contributed by atoms with Gasteiger partial charge < -0.3 is 14.5 Å². The number of ether oxygens (including phenoxy) is 1. The van der Waals surface area contributed by atoms with E-state index in [0.717, 1.165) is 24.3 Å². The molecule has 2 N–H and O–H groups in total. The number of carbonyl (C=O) groups excluding carboxylic acids is 1. The normalized spacial score (nSPS) is 24.6. The number of nitrogens with zero attached hydrogens (tertiary/aromatic N) is 3. The summed E-state index contributed by atoms with van der Waals surface area (Å²) in [5, 5.41) is 10.9. The van der Waals surface area contributed by atoms with E-state index in [4.69, 9.17) is 4.74 Å². The Kier molecular flexibility index (Phi) is 5.44. The number of rotatable bonds is 4. The van der Waals surface area contributed by atoms with E-state index in [9.17, 15) is 14.9 Å². The minimum absolute atomic E-state index is 0.0874. The first-order valence-electron chi connectivity index (χ1n) is 11.0. The van der Waals surface area contributed by atoms with Crippen molar-refractivity contribution < 1.29 is 14.5 Å². The summed E-state index contributed by atoms with van der Waals surface area (Å²) in [6.45, 7) is 2.69. The smallest absolute Gasteiger partial charge is 0.269 e. The molecule has 2 heterocycles. The third-order valence-corrected chi connectivity index (χ3v) is 6.97. The van der Waals surface area contributed by atoms with Crippen LogP contribution in [0.15, 0.2) is 42.5 Å². The van der Waals surface area contributed by atoms with Gasteiger partial charge >= 0.3 is 0 Å². The maximum absolute atomic E-state index is 13.3. The van der Waals surface area contributed by atoms with Crippen LogP contribution in [0.25, 0.3) is 0 Å². The standard InChI is InChI=1S/C23H27N5O4/c1-32-18-7-9-19-15(14-18)2-8-20-21(19)24-25-22(20)23(29)27-12-10-26(11-13-27)16-3-5-17(6-4-16)28(30)31/h3-7,9,14,20-22,24-25H,2,8,10-13H2,1H3. The molecule has 3 atom stereocenters. The molecule has 2 saturated heterocycles. The molecule has 32 heavy (non-hydrogen) atoms. The van der Waals surface area contributed by atoms with Crippen molar-refractivity contribution in [1.29, 1.82) is 0 Å². The molecule has 2 aliphatic heterocycles. The number of fused-ring (bicyclic) bond motifs is 3. The molecule has 168 valence electrons. The van der Waals surface area contributed by atoms with Gasteiger partial charge in [-0.25, -0.2) is 10.9 Å². The number of methoxy groups -OCH3 is 1. The predicted octanol–water partition coefficient (Wildman–Crippen LogP) is 2.03. The highest BCUT2D eigenvalue weighted by molar-refractivity contribution is 5.83. The summed E-state index contributed by atoms with van der Waals surface area (Å²) in [5.41, 5.74) is 10.2. The molecule has 0 radical (unpaired) electrons. The van der Waals surface area contributed by atoms with Crippen molar-refractivity contribution in [2.24, 2.45) is 5.92 Å². The third-order valence-electron chi connectivity index (χ3n) is 6.97. The maximum atomic E-state index is 13.3. The Bertz CT molecular complexity index is 1020. The number of anilines is 1. The molecule has 9 heteroatoms. The van der Waals surface area contributed by atoms with Crippen molar-refractivity contribution in [3.8, 4) is 5.75 Å². The SMILES string of the molecule is COc1ccc2c(c1)CCC1C(C(=O)N3CCN(c4ccc([N+](=O)[O-])cc4)CC3)NNC21. The number of nitro groups is 1. The van der Waals surface area contributed by atoms with Gasteiger partial charge in [0.05, 0.1) is 18.1 Å². The summed E-state index contributed by atoms with van der Waals surface area (Å²) in [6.07, 6.45) is 1.89. The van der Waals surface area contributed by atoms with Gasteiger partial charge in [-0.05, 0) is 48.2 Å². The van der Waals surface area contributed by atoms with Crippen LogP contribution in [0.3, 0.4) is 0 Å².